The van der Waals surface area contributed by atoms with Crippen molar-refractivity contribution >= 4 is 11.8 Å². The van der Waals surface area contributed by atoms with Crippen LogP contribution < -0.4 is 5.32 Å². The van der Waals surface area contributed by atoms with Gasteiger partial charge in [0.1, 0.15) is 6.04 Å². The molecule has 4 rings (SSSR count). The topological polar surface area (TPSA) is 91.0 Å². The minimum absolute atomic E-state index is 0.0888. The Hall–Kier alpha value is -3.48. The van der Waals surface area contributed by atoms with Gasteiger partial charge in [0.15, 0.2) is 11.6 Å². The van der Waals surface area contributed by atoms with Crippen LogP contribution in [-0.2, 0) is 4.79 Å². The molecular formula is C22H23N5O2. The number of hydrogen-bond donors (Lipinski definition) is 2. The van der Waals surface area contributed by atoms with Crippen molar-refractivity contribution in [2.75, 3.05) is 13.1 Å². The smallest absolute Gasteiger partial charge is 0.254 e. The molecule has 2 amide bonds. The summed E-state index contributed by atoms with van der Waals surface area (Å²) in [4.78, 5) is 31.1. The number of aromatic amines is 1. The van der Waals surface area contributed by atoms with Crippen molar-refractivity contribution in [3.8, 4) is 22.8 Å². The summed E-state index contributed by atoms with van der Waals surface area (Å²) in [6.45, 7) is 4.95. The molecule has 2 aromatic carbocycles. The molecule has 1 unspecified atom stereocenters. The second-order valence-electron chi connectivity index (χ2n) is 7.17. The lowest BCUT2D eigenvalue weighted by Crippen LogP contribution is -2.56. The van der Waals surface area contributed by atoms with Gasteiger partial charge in [-0.2, -0.15) is 5.10 Å². The third-order valence-electron chi connectivity index (χ3n) is 5.15. The van der Waals surface area contributed by atoms with Gasteiger partial charge in [0.2, 0.25) is 5.91 Å². The van der Waals surface area contributed by atoms with E-state index in [1.54, 1.807) is 17.0 Å². The first kappa shape index (κ1) is 18.9. The number of amides is 2. The Balaban J connectivity index is 1.54. The van der Waals surface area contributed by atoms with Crippen LogP contribution in [0.1, 0.15) is 29.3 Å². The highest BCUT2D eigenvalue weighted by molar-refractivity contribution is 5.98. The molecule has 0 saturated carbocycles. The van der Waals surface area contributed by atoms with Gasteiger partial charge >= 0.3 is 0 Å². The largest absolute Gasteiger partial charge is 0.353 e. The summed E-state index contributed by atoms with van der Waals surface area (Å²) < 4.78 is 0. The average molecular weight is 389 g/mol. The number of nitrogens with zero attached hydrogens (tertiary/aromatic N) is 3. The van der Waals surface area contributed by atoms with Crippen LogP contribution in [0.4, 0.5) is 0 Å². The lowest BCUT2D eigenvalue weighted by Gasteiger charge is -2.34. The average Bonchev–Trinajstić information content (AvgIpc) is 3.23. The maximum absolute atomic E-state index is 12.9. The molecule has 1 atom stereocenters. The molecule has 2 N–H and O–H groups in total. The van der Waals surface area contributed by atoms with E-state index in [2.05, 4.69) is 20.5 Å². The van der Waals surface area contributed by atoms with Crippen LogP contribution in [0.5, 0.6) is 0 Å². The van der Waals surface area contributed by atoms with Crippen LogP contribution in [0.15, 0.2) is 48.5 Å². The fourth-order valence-corrected chi connectivity index (χ4v) is 3.60. The maximum Gasteiger partial charge on any atom is 0.254 e. The predicted molar refractivity (Wildman–Crippen MR) is 110 cm³/mol. The van der Waals surface area contributed by atoms with Gasteiger partial charge < -0.3 is 10.2 Å². The molecule has 1 aliphatic heterocycles. The first-order chi connectivity index (χ1) is 14.1. The molecule has 1 fully saturated rings. The third kappa shape index (κ3) is 3.76. The zero-order valence-corrected chi connectivity index (χ0v) is 16.5. The van der Waals surface area contributed by atoms with E-state index in [1.807, 2.05) is 50.2 Å². The van der Waals surface area contributed by atoms with Gasteiger partial charge in [0, 0.05) is 29.8 Å². The highest BCUT2D eigenvalue weighted by atomic mass is 16.2. The Morgan fingerprint density at radius 3 is 2.69 bits per heavy atom. The second-order valence-corrected chi connectivity index (χ2v) is 7.17. The summed E-state index contributed by atoms with van der Waals surface area (Å²) in [6.07, 6.45) is 0.593. The summed E-state index contributed by atoms with van der Waals surface area (Å²) in [5.41, 5.74) is 3.50. The Labute approximate surface area is 169 Å². The number of nitrogens with one attached hydrogen (secondary N) is 2. The third-order valence-corrected chi connectivity index (χ3v) is 5.15. The number of carbonyl (C=O) groups excluding carboxylic acids is 2. The zero-order chi connectivity index (χ0) is 20.4. The van der Waals surface area contributed by atoms with Crippen molar-refractivity contribution in [3.63, 3.8) is 0 Å². The molecule has 0 bridgehead atoms. The SMILES string of the molecule is CCC1C(=O)NCCN1C(=O)c1ccc(-c2nc(-c3cccc(C)c3)n[nH]2)cc1. The van der Waals surface area contributed by atoms with E-state index in [0.717, 1.165) is 16.7 Å². The molecule has 0 aliphatic carbocycles. The van der Waals surface area contributed by atoms with E-state index < -0.39 is 6.04 Å². The van der Waals surface area contributed by atoms with E-state index in [1.165, 1.54) is 0 Å². The Morgan fingerprint density at radius 1 is 1.17 bits per heavy atom. The number of aromatic nitrogens is 3. The van der Waals surface area contributed by atoms with Crippen LogP contribution in [0.3, 0.4) is 0 Å². The molecule has 7 heteroatoms. The minimum Gasteiger partial charge on any atom is -0.353 e. The molecule has 0 spiro atoms. The number of carbonyl (C=O) groups is 2. The van der Waals surface area contributed by atoms with Crippen molar-refractivity contribution in [3.05, 3.63) is 59.7 Å². The quantitative estimate of drug-likeness (QED) is 0.718. The second kappa shape index (κ2) is 7.87. The minimum atomic E-state index is -0.415. The first-order valence-corrected chi connectivity index (χ1v) is 9.75. The number of benzene rings is 2. The van der Waals surface area contributed by atoms with Gasteiger partial charge in [0.05, 0.1) is 0 Å². The predicted octanol–water partition coefficient (Wildman–Crippen LogP) is 2.80. The highest BCUT2D eigenvalue weighted by Crippen LogP contribution is 2.22. The number of aryl methyl sites for hydroxylation is 1. The standard InChI is InChI=1S/C22H23N5O2/c1-3-18-21(28)23-11-12-27(18)22(29)16-9-7-15(8-10-16)19-24-20(26-25-19)17-6-4-5-14(2)13-17/h4-10,13,18H,3,11-12H2,1-2H3,(H,23,28)(H,24,25,26). The molecule has 29 heavy (non-hydrogen) atoms. The van der Waals surface area contributed by atoms with Gasteiger partial charge in [-0.05, 0) is 31.5 Å². The van der Waals surface area contributed by atoms with Crippen molar-refractivity contribution in [2.45, 2.75) is 26.3 Å². The Bertz CT molecular complexity index is 1040. The highest BCUT2D eigenvalue weighted by Gasteiger charge is 2.32. The van der Waals surface area contributed by atoms with Crippen LogP contribution in [-0.4, -0.2) is 51.0 Å². The lowest BCUT2D eigenvalue weighted by atomic mass is 10.1. The summed E-state index contributed by atoms with van der Waals surface area (Å²) in [6, 6.07) is 14.8. The van der Waals surface area contributed by atoms with Crippen molar-refractivity contribution in [1.29, 1.82) is 0 Å². The molecule has 7 nitrogen and oxygen atoms in total. The molecule has 1 aromatic heterocycles. The van der Waals surface area contributed by atoms with E-state index >= 15 is 0 Å². The Morgan fingerprint density at radius 2 is 1.97 bits per heavy atom. The van der Waals surface area contributed by atoms with Crippen LogP contribution >= 0.6 is 0 Å². The van der Waals surface area contributed by atoms with E-state index in [-0.39, 0.29) is 11.8 Å². The molecule has 0 radical (unpaired) electrons. The van der Waals surface area contributed by atoms with Gasteiger partial charge in [0.25, 0.3) is 5.91 Å². The van der Waals surface area contributed by atoms with E-state index in [0.29, 0.717) is 36.7 Å². The molecular weight excluding hydrogens is 366 g/mol. The molecule has 2 heterocycles. The number of hydrogen-bond acceptors (Lipinski definition) is 4. The normalized spacial score (nSPS) is 16.6. The zero-order valence-electron chi connectivity index (χ0n) is 16.5. The van der Waals surface area contributed by atoms with Gasteiger partial charge in [-0.3, -0.25) is 14.7 Å². The van der Waals surface area contributed by atoms with E-state index in [4.69, 9.17) is 0 Å². The van der Waals surface area contributed by atoms with Gasteiger partial charge in [-0.15, -0.1) is 0 Å². The molecule has 3 aromatic rings. The van der Waals surface area contributed by atoms with Crippen molar-refractivity contribution < 1.29 is 9.59 Å². The van der Waals surface area contributed by atoms with Crippen LogP contribution in [0.2, 0.25) is 0 Å². The number of H-pyrrole nitrogens is 1. The lowest BCUT2D eigenvalue weighted by molar-refractivity contribution is -0.127. The molecule has 148 valence electrons. The van der Waals surface area contributed by atoms with Crippen molar-refractivity contribution in [2.24, 2.45) is 0 Å². The number of piperazine rings is 1. The summed E-state index contributed by atoms with van der Waals surface area (Å²) >= 11 is 0. The van der Waals surface area contributed by atoms with Crippen LogP contribution in [0.25, 0.3) is 22.8 Å². The fourth-order valence-electron chi connectivity index (χ4n) is 3.60. The number of rotatable bonds is 4. The van der Waals surface area contributed by atoms with Gasteiger partial charge in [-0.1, -0.05) is 42.8 Å². The van der Waals surface area contributed by atoms with Crippen molar-refractivity contribution in [1.82, 2.24) is 25.4 Å². The first-order valence-electron chi connectivity index (χ1n) is 9.75. The maximum atomic E-state index is 12.9. The molecule has 1 saturated heterocycles. The summed E-state index contributed by atoms with van der Waals surface area (Å²) in [5, 5.41) is 10.1. The Kier molecular flexibility index (Phi) is 5.12. The van der Waals surface area contributed by atoms with E-state index in [9.17, 15) is 9.59 Å². The van der Waals surface area contributed by atoms with Gasteiger partial charge in [-0.25, -0.2) is 4.98 Å². The van der Waals surface area contributed by atoms with Crippen LogP contribution in [0, 0.1) is 6.92 Å². The molecule has 1 aliphatic rings. The fraction of sp³-hybridized carbons (Fsp3) is 0.273. The summed E-state index contributed by atoms with van der Waals surface area (Å²) in [7, 11) is 0. The monoisotopic (exact) mass is 389 g/mol. The summed E-state index contributed by atoms with van der Waals surface area (Å²) in [5.74, 6) is 1.06.